The Labute approximate surface area is 127 Å². The summed E-state index contributed by atoms with van der Waals surface area (Å²) < 4.78 is 5.04. The number of fused-ring (bicyclic) bond motifs is 1. The van der Waals surface area contributed by atoms with Gasteiger partial charge in [0.15, 0.2) is 5.11 Å². The van der Waals surface area contributed by atoms with Crippen molar-refractivity contribution >= 4 is 39.9 Å². The van der Waals surface area contributed by atoms with Gasteiger partial charge in [-0.15, -0.1) is 0 Å². The van der Waals surface area contributed by atoms with Gasteiger partial charge in [0, 0.05) is 23.6 Å². The molecule has 2 rings (SSSR count). The third kappa shape index (κ3) is 4.39. The van der Waals surface area contributed by atoms with Crippen molar-refractivity contribution in [2.45, 2.75) is 26.2 Å². The van der Waals surface area contributed by atoms with Crippen LogP contribution in [-0.2, 0) is 4.79 Å². The second-order valence-corrected chi connectivity index (χ2v) is 5.02. The molecule has 21 heavy (non-hydrogen) atoms. The summed E-state index contributed by atoms with van der Waals surface area (Å²) in [6.07, 6.45) is 2.26. The molecule has 0 aliphatic carbocycles. The van der Waals surface area contributed by atoms with Gasteiger partial charge in [-0.2, -0.15) is 0 Å². The molecular formula is C15H16N2O3S. The van der Waals surface area contributed by atoms with Crippen molar-refractivity contribution in [3.05, 3.63) is 40.8 Å². The van der Waals surface area contributed by atoms with Crippen LogP contribution < -0.4 is 16.3 Å². The number of hydrogen-bond donors (Lipinski definition) is 2. The highest BCUT2D eigenvalue weighted by molar-refractivity contribution is 7.80. The molecule has 0 unspecified atom stereocenters. The lowest BCUT2D eigenvalue weighted by Gasteiger charge is -2.09. The Morgan fingerprint density at radius 1 is 1.29 bits per heavy atom. The number of anilines is 1. The zero-order chi connectivity index (χ0) is 15.2. The van der Waals surface area contributed by atoms with Crippen molar-refractivity contribution in [2.75, 3.05) is 5.32 Å². The van der Waals surface area contributed by atoms with Crippen LogP contribution in [0, 0.1) is 0 Å². The molecule has 1 aromatic heterocycles. The summed E-state index contributed by atoms with van der Waals surface area (Å²) >= 11 is 5.09. The third-order valence-corrected chi connectivity index (χ3v) is 3.09. The van der Waals surface area contributed by atoms with E-state index in [0.717, 1.165) is 23.9 Å². The molecule has 0 saturated carbocycles. The molecule has 6 heteroatoms. The molecule has 2 N–H and O–H groups in total. The zero-order valence-corrected chi connectivity index (χ0v) is 12.5. The summed E-state index contributed by atoms with van der Waals surface area (Å²) in [5, 5.41) is 6.60. The fraction of sp³-hybridized carbons (Fsp3) is 0.267. The summed E-state index contributed by atoms with van der Waals surface area (Å²) in [5.41, 5.74) is 0.838. The number of amides is 1. The highest BCUT2D eigenvalue weighted by Gasteiger charge is 2.05. The summed E-state index contributed by atoms with van der Waals surface area (Å²) in [5.74, 6) is -0.0962. The van der Waals surface area contributed by atoms with E-state index in [4.69, 9.17) is 16.6 Å². The molecule has 1 amide bonds. The first-order valence-corrected chi connectivity index (χ1v) is 7.14. The maximum atomic E-state index is 11.6. The average Bonchev–Trinajstić information content (AvgIpc) is 2.45. The fourth-order valence-corrected chi connectivity index (χ4v) is 2.07. The number of hydrogen-bond acceptors (Lipinski definition) is 4. The summed E-state index contributed by atoms with van der Waals surface area (Å²) in [6.45, 7) is 2.03. The molecule has 5 nitrogen and oxygen atoms in total. The molecule has 0 saturated heterocycles. The maximum absolute atomic E-state index is 11.6. The molecule has 1 heterocycles. The Bertz CT molecular complexity index is 724. The SMILES string of the molecule is CCCCC(=O)NC(=S)Nc1ccc2oc(=O)ccc2c1. The standard InChI is InChI=1S/C15H16N2O3S/c1-2-3-4-13(18)17-15(21)16-11-6-7-12-10(9-11)5-8-14(19)20-12/h5-9H,2-4H2,1H3,(H2,16,17,18,21). The van der Waals surface area contributed by atoms with Crippen molar-refractivity contribution in [2.24, 2.45) is 0 Å². The van der Waals surface area contributed by atoms with E-state index in [1.807, 2.05) is 6.92 Å². The van der Waals surface area contributed by atoms with Gasteiger partial charge in [0.05, 0.1) is 0 Å². The Morgan fingerprint density at radius 3 is 2.86 bits per heavy atom. The van der Waals surface area contributed by atoms with Crippen LogP contribution in [0.25, 0.3) is 11.0 Å². The van der Waals surface area contributed by atoms with Gasteiger partial charge in [0.25, 0.3) is 0 Å². The number of thiocarbonyl (C=S) groups is 1. The Balaban J connectivity index is 2.02. The van der Waals surface area contributed by atoms with Crippen molar-refractivity contribution in [3.8, 4) is 0 Å². The van der Waals surface area contributed by atoms with Crippen LogP contribution in [-0.4, -0.2) is 11.0 Å². The number of rotatable bonds is 4. The average molecular weight is 304 g/mol. The first kappa shape index (κ1) is 15.2. The molecule has 0 aliphatic heterocycles. The molecule has 1 aromatic carbocycles. The monoisotopic (exact) mass is 304 g/mol. The molecule has 0 spiro atoms. The first-order chi connectivity index (χ1) is 10.1. The van der Waals surface area contributed by atoms with E-state index in [0.29, 0.717) is 12.0 Å². The van der Waals surface area contributed by atoms with Crippen LogP contribution in [0.3, 0.4) is 0 Å². The van der Waals surface area contributed by atoms with E-state index in [9.17, 15) is 9.59 Å². The highest BCUT2D eigenvalue weighted by Crippen LogP contribution is 2.17. The summed E-state index contributed by atoms with van der Waals surface area (Å²) in [4.78, 5) is 22.7. The van der Waals surface area contributed by atoms with Gasteiger partial charge in [0.1, 0.15) is 5.58 Å². The molecule has 0 bridgehead atoms. The normalized spacial score (nSPS) is 10.3. The molecule has 0 atom stereocenters. The van der Waals surface area contributed by atoms with Crippen molar-refractivity contribution in [1.82, 2.24) is 5.32 Å². The quantitative estimate of drug-likeness (QED) is 0.671. The third-order valence-electron chi connectivity index (χ3n) is 2.89. The van der Waals surface area contributed by atoms with Crippen LogP contribution in [0.1, 0.15) is 26.2 Å². The van der Waals surface area contributed by atoms with Crippen molar-refractivity contribution in [3.63, 3.8) is 0 Å². The topological polar surface area (TPSA) is 71.3 Å². The Hall–Kier alpha value is -2.21. The molecular weight excluding hydrogens is 288 g/mol. The predicted molar refractivity (Wildman–Crippen MR) is 86.4 cm³/mol. The van der Waals surface area contributed by atoms with Gasteiger partial charge in [0.2, 0.25) is 5.91 Å². The minimum atomic E-state index is -0.387. The second kappa shape index (κ2) is 6.99. The predicted octanol–water partition coefficient (Wildman–Crippen LogP) is 2.80. The van der Waals surface area contributed by atoms with Gasteiger partial charge >= 0.3 is 5.63 Å². The van der Waals surface area contributed by atoms with E-state index >= 15 is 0 Å². The van der Waals surface area contributed by atoms with Crippen LogP contribution in [0.5, 0.6) is 0 Å². The van der Waals surface area contributed by atoms with Gasteiger partial charge < -0.3 is 15.1 Å². The van der Waals surface area contributed by atoms with Crippen LogP contribution in [0.4, 0.5) is 5.69 Å². The molecule has 0 aliphatic rings. The molecule has 0 fully saturated rings. The second-order valence-electron chi connectivity index (χ2n) is 4.61. The molecule has 0 radical (unpaired) electrons. The van der Waals surface area contributed by atoms with Crippen LogP contribution >= 0.6 is 12.2 Å². The maximum Gasteiger partial charge on any atom is 0.336 e. The van der Waals surface area contributed by atoms with Crippen LogP contribution in [0.15, 0.2) is 39.5 Å². The largest absolute Gasteiger partial charge is 0.423 e. The number of benzene rings is 1. The Kier molecular flexibility index (Phi) is 5.05. The number of unbranched alkanes of at least 4 members (excludes halogenated alkanes) is 1. The smallest absolute Gasteiger partial charge is 0.336 e. The number of nitrogens with one attached hydrogen (secondary N) is 2. The van der Waals surface area contributed by atoms with Gasteiger partial charge in [-0.1, -0.05) is 13.3 Å². The lowest BCUT2D eigenvalue weighted by atomic mass is 10.2. The first-order valence-electron chi connectivity index (χ1n) is 6.73. The zero-order valence-electron chi connectivity index (χ0n) is 11.6. The molecule has 2 aromatic rings. The Morgan fingerprint density at radius 2 is 2.10 bits per heavy atom. The summed E-state index contributed by atoms with van der Waals surface area (Å²) in [7, 11) is 0. The van der Waals surface area contributed by atoms with E-state index in [-0.39, 0.29) is 16.6 Å². The minimum Gasteiger partial charge on any atom is -0.423 e. The summed E-state index contributed by atoms with van der Waals surface area (Å²) in [6, 6.07) is 8.24. The lowest BCUT2D eigenvalue weighted by Crippen LogP contribution is -2.33. The van der Waals surface area contributed by atoms with E-state index in [1.165, 1.54) is 6.07 Å². The minimum absolute atomic E-state index is 0.0962. The number of carbonyl (C=O) groups is 1. The number of carbonyl (C=O) groups excluding carboxylic acids is 1. The van der Waals surface area contributed by atoms with Gasteiger partial charge in [-0.3, -0.25) is 4.79 Å². The van der Waals surface area contributed by atoms with Crippen molar-refractivity contribution < 1.29 is 9.21 Å². The van der Waals surface area contributed by atoms with E-state index in [2.05, 4.69) is 10.6 Å². The van der Waals surface area contributed by atoms with Gasteiger partial charge in [-0.05, 0) is 42.9 Å². The van der Waals surface area contributed by atoms with Crippen LogP contribution in [0.2, 0.25) is 0 Å². The highest BCUT2D eigenvalue weighted by atomic mass is 32.1. The van der Waals surface area contributed by atoms with Crippen molar-refractivity contribution in [1.29, 1.82) is 0 Å². The van der Waals surface area contributed by atoms with Gasteiger partial charge in [-0.25, -0.2) is 4.79 Å². The lowest BCUT2D eigenvalue weighted by molar-refractivity contribution is -0.119. The molecule has 110 valence electrons. The van der Waals surface area contributed by atoms with E-state index in [1.54, 1.807) is 24.3 Å². The van der Waals surface area contributed by atoms with E-state index < -0.39 is 0 Å². The fourth-order valence-electron chi connectivity index (χ4n) is 1.84.